The standard InChI is InChI=1S/C13H20N2O3/c1-4-7-14(9-11(16)17)12(18)15-8-5-6-13(2,3)10-15/h1H,5-10H2,2-3H3,(H,16,17). The number of hydrogen-bond acceptors (Lipinski definition) is 2. The Morgan fingerprint density at radius 3 is 2.67 bits per heavy atom. The first kappa shape index (κ1) is 14.4. The van der Waals surface area contributed by atoms with Crippen LogP contribution < -0.4 is 0 Å². The van der Waals surface area contributed by atoms with Crippen LogP contribution in [0.3, 0.4) is 0 Å². The molecule has 0 radical (unpaired) electrons. The van der Waals surface area contributed by atoms with Gasteiger partial charge in [-0.3, -0.25) is 4.79 Å². The van der Waals surface area contributed by atoms with E-state index in [1.165, 1.54) is 4.90 Å². The SMILES string of the molecule is C#CCN(CC(=O)O)C(=O)N1CCCC(C)(C)C1. The number of rotatable bonds is 3. The average Bonchev–Trinajstić information content (AvgIpc) is 2.25. The van der Waals surface area contributed by atoms with Crippen LogP contribution in [0, 0.1) is 17.8 Å². The lowest BCUT2D eigenvalue weighted by Crippen LogP contribution is -2.50. The lowest BCUT2D eigenvalue weighted by atomic mass is 9.84. The third-order valence-electron chi connectivity index (χ3n) is 3.05. The number of terminal acetylenes is 1. The molecule has 5 heteroatoms. The second kappa shape index (κ2) is 5.76. The molecule has 0 aromatic rings. The molecule has 0 saturated carbocycles. The molecule has 1 rings (SSSR count). The van der Waals surface area contributed by atoms with Gasteiger partial charge in [0.05, 0.1) is 6.54 Å². The zero-order valence-electron chi connectivity index (χ0n) is 11.0. The molecule has 5 nitrogen and oxygen atoms in total. The maximum atomic E-state index is 12.2. The summed E-state index contributed by atoms with van der Waals surface area (Å²) in [5.74, 6) is 1.28. The molecule has 0 aromatic heterocycles. The molecule has 1 aliphatic heterocycles. The van der Waals surface area contributed by atoms with E-state index < -0.39 is 5.97 Å². The van der Waals surface area contributed by atoms with Crippen molar-refractivity contribution in [3.05, 3.63) is 0 Å². The minimum Gasteiger partial charge on any atom is -0.480 e. The number of urea groups is 1. The smallest absolute Gasteiger partial charge is 0.323 e. The summed E-state index contributed by atoms with van der Waals surface area (Å²) in [7, 11) is 0. The second-order valence-corrected chi connectivity index (χ2v) is 5.43. The van der Waals surface area contributed by atoms with Crippen LogP contribution in [-0.2, 0) is 4.79 Å². The summed E-state index contributed by atoms with van der Waals surface area (Å²) >= 11 is 0. The normalized spacial score (nSPS) is 17.9. The van der Waals surface area contributed by atoms with E-state index in [9.17, 15) is 9.59 Å². The molecule has 18 heavy (non-hydrogen) atoms. The second-order valence-electron chi connectivity index (χ2n) is 5.43. The Kier molecular flexibility index (Phi) is 4.60. The molecule has 1 N–H and O–H groups in total. The summed E-state index contributed by atoms with van der Waals surface area (Å²) in [6.07, 6.45) is 7.18. The molecule has 0 aromatic carbocycles. The molecular weight excluding hydrogens is 232 g/mol. The molecule has 2 amide bonds. The number of nitrogens with zero attached hydrogens (tertiary/aromatic N) is 2. The van der Waals surface area contributed by atoms with Gasteiger partial charge in [-0.15, -0.1) is 6.42 Å². The maximum Gasteiger partial charge on any atom is 0.323 e. The summed E-state index contributed by atoms with van der Waals surface area (Å²) in [5.41, 5.74) is 0.0823. The minimum absolute atomic E-state index is 0.0298. The van der Waals surface area contributed by atoms with Crippen molar-refractivity contribution in [3.8, 4) is 12.3 Å². The van der Waals surface area contributed by atoms with Crippen molar-refractivity contribution in [2.75, 3.05) is 26.2 Å². The highest BCUT2D eigenvalue weighted by atomic mass is 16.4. The molecular formula is C13H20N2O3. The van der Waals surface area contributed by atoms with E-state index in [2.05, 4.69) is 19.8 Å². The third-order valence-corrected chi connectivity index (χ3v) is 3.05. The first-order valence-electron chi connectivity index (χ1n) is 6.05. The Morgan fingerprint density at radius 2 is 2.17 bits per heavy atom. The van der Waals surface area contributed by atoms with Crippen molar-refractivity contribution >= 4 is 12.0 Å². The van der Waals surface area contributed by atoms with E-state index in [-0.39, 0.29) is 24.5 Å². The highest BCUT2D eigenvalue weighted by Gasteiger charge is 2.31. The molecule has 100 valence electrons. The number of carboxylic acids is 1. The van der Waals surface area contributed by atoms with Crippen LogP contribution in [0.4, 0.5) is 4.79 Å². The molecule has 0 atom stereocenters. The predicted molar refractivity (Wildman–Crippen MR) is 68.0 cm³/mol. The highest BCUT2D eigenvalue weighted by Crippen LogP contribution is 2.28. The van der Waals surface area contributed by atoms with Gasteiger partial charge in [0.25, 0.3) is 0 Å². The van der Waals surface area contributed by atoms with Crippen LogP contribution >= 0.6 is 0 Å². The van der Waals surface area contributed by atoms with Gasteiger partial charge in [-0.25, -0.2) is 4.79 Å². The van der Waals surface area contributed by atoms with Gasteiger partial charge >= 0.3 is 12.0 Å². The highest BCUT2D eigenvalue weighted by molar-refractivity contribution is 5.80. The van der Waals surface area contributed by atoms with Crippen molar-refractivity contribution in [3.63, 3.8) is 0 Å². The quantitative estimate of drug-likeness (QED) is 0.769. The Hall–Kier alpha value is -1.70. The fourth-order valence-corrected chi connectivity index (χ4v) is 2.25. The van der Waals surface area contributed by atoms with Gasteiger partial charge in [-0.1, -0.05) is 19.8 Å². The topological polar surface area (TPSA) is 60.9 Å². The monoisotopic (exact) mass is 252 g/mol. The molecule has 0 spiro atoms. The molecule has 0 bridgehead atoms. The molecule has 1 heterocycles. The van der Waals surface area contributed by atoms with E-state index in [0.717, 1.165) is 12.8 Å². The van der Waals surface area contributed by atoms with Crippen molar-refractivity contribution in [2.24, 2.45) is 5.41 Å². The molecule has 0 aliphatic carbocycles. The van der Waals surface area contributed by atoms with Gasteiger partial charge in [-0.2, -0.15) is 0 Å². The fourth-order valence-electron chi connectivity index (χ4n) is 2.25. The van der Waals surface area contributed by atoms with E-state index >= 15 is 0 Å². The van der Waals surface area contributed by atoms with Crippen LogP contribution in [0.25, 0.3) is 0 Å². The summed E-state index contributed by atoms with van der Waals surface area (Å²) in [6, 6.07) is -0.275. The largest absolute Gasteiger partial charge is 0.480 e. The van der Waals surface area contributed by atoms with Crippen molar-refractivity contribution in [1.82, 2.24) is 9.80 Å². The fraction of sp³-hybridized carbons (Fsp3) is 0.692. The van der Waals surface area contributed by atoms with Crippen LogP contribution in [0.1, 0.15) is 26.7 Å². The zero-order chi connectivity index (χ0) is 13.8. The maximum absolute atomic E-state index is 12.2. The molecule has 1 fully saturated rings. The lowest BCUT2D eigenvalue weighted by molar-refractivity contribution is -0.137. The van der Waals surface area contributed by atoms with Crippen LogP contribution in [-0.4, -0.2) is 53.1 Å². The number of carbonyl (C=O) groups is 2. The van der Waals surface area contributed by atoms with E-state index in [0.29, 0.717) is 13.1 Å². The summed E-state index contributed by atoms with van der Waals surface area (Å²) in [5, 5.41) is 8.78. The van der Waals surface area contributed by atoms with E-state index in [1.807, 2.05) is 0 Å². The molecule has 0 unspecified atom stereocenters. The van der Waals surface area contributed by atoms with Gasteiger partial charge in [0.15, 0.2) is 0 Å². The molecule has 1 aliphatic rings. The van der Waals surface area contributed by atoms with Gasteiger partial charge in [0.1, 0.15) is 6.54 Å². The first-order chi connectivity index (χ1) is 8.35. The van der Waals surface area contributed by atoms with Crippen molar-refractivity contribution in [1.29, 1.82) is 0 Å². The van der Waals surface area contributed by atoms with E-state index in [1.54, 1.807) is 4.90 Å². The van der Waals surface area contributed by atoms with Crippen LogP contribution in [0.5, 0.6) is 0 Å². The van der Waals surface area contributed by atoms with Crippen LogP contribution in [0.2, 0.25) is 0 Å². The van der Waals surface area contributed by atoms with Crippen molar-refractivity contribution < 1.29 is 14.7 Å². The number of aliphatic carboxylic acids is 1. The Labute approximate surface area is 108 Å². The number of carbonyl (C=O) groups excluding carboxylic acids is 1. The number of carboxylic acid groups (broad SMARTS) is 1. The van der Waals surface area contributed by atoms with Gasteiger partial charge in [0.2, 0.25) is 0 Å². The first-order valence-corrected chi connectivity index (χ1v) is 6.05. The number of amides is 2. The van der Waals surface area contributed by atoms with Crippen LogP contribution in [0.15, 0.2) is 0 Å². The predicted octanol–water partition coefficient (Wildman–Crippen LogP) is 1.25. The third kappa shape index (κ3) is 3.95. The Bertz CT molecular complexity index is 371. The summed E-state index contributed by atoms with van der Waals surface area (Å²) in [6.45, 7) is 5.21. The Balaban J connectivity index is 2.70. The molecule has 1 saturated heterocycles. The van der Waals surface area contributed by atoms with Gasteiger partial charge < -0.3 is 14.9 Å². The average molecular weight is 252 g/mol. The lowest BCUT2D eigenvalue weighted by Gasteiger charge is -2.39. The van der Waals surface area contributed by atoms with Gasteiger partial charge in [0, 0.05) is 13.1 Å². The van der Waals surface area contributed by atoms with E-state index in [4.69, 9.17) is 11.5 Å². The van der Waals surface area contributed by atoms with Gasteiger partial charge in [-0.05, 0) is 18.3 Å². The number of likely N-dealkylation sites (tertiary alicyclic amines) is 1. The summed E-state index contributed by atoms with van der Waals surface area (Å²) in [4.78, 5) is 25.8. The minimum atomic E-state index is -1.05. The number of hydrogen-bond donors (Lipinski definition) is 1. The van der Waals surface area contributed by atoms with Crippen molar-refractivity contribution in [2.45, 2.75) is 26.7 Å². The summed E-state index contributed by atoms with van der Waals surface area (Å²) < 4.78 is 0. The zero-order valence-corrected chi connectivity index (χ0v) is 11.0. The Morgan fingerprint density at radius 1 is 1.50 bits per heavy atom. The number of piperidine rings is 1.